The Morgan fingerprint density at radius 2 is 1.93 bits per heavy atom. The van der Waals surface area contributed by atoms with E-state index in [0.717, 1.165) is 18.9 Å². The lowest BCUT2D eigenvalue weighted by atomic mass is 10.1. The average Bonchev–Trinajstić information content (AvgIpc) is 2.12. The first-order chi connectivity index (χ1) is 6.56. The van der Waals surface area contributed by atoms with Crippen molar-refractivity contribution < 1.29 is 14.3 Å². The van der Waals surface area contributed by atoms with E-state index in [-0.39, 0.29) is 12.1 Å². The van der Waals surface area contributed by atoms with Gasteiger partial charge in [-0.3, -0.25) is 4.79 Å². The maximum Gasteiger partial charge on any atom is 0.308 e. The molecule has 0 aliphatic carbocycles. The van der Waals surface area contributed by atoms with Gasteiger partial charge in [-0.2, -0.15) is 0 Å². The predicted molar refractivity (Wildman–Crippen MR) is 56.1 cm³/mol. The Morgan fingerprint density at radius 1 is 1.29 bits per heavy atom. The average molecular weight is 202 g/mol. The Bertz CT molecular complexity index is 155. The van der Waals surface area contributed by atoms with Crippen molar-refractivity contribution in [1.29, 1.82) is 0 Å². The van der Waals surface area contributed by atoms with E-state index in [0.29, 0.717) is 6.42 Å². The second kappa shape index (κ2) is 7.80. The van der Waals surface area contributed by atoms with Crippen LogP contribution in [0.5, 0.6) is 0 Å². The molecule has 3 heteroatoms. The summed E-state index contributed by atoms with van der Waals surface area (Å²) in [6.45, 7) is 7.01. The smallest absolute Gasteiger partial charge is 0.308 e. The topological polar surface area (TPSA) is 35.5 Å². The van der Waals surface area contributed by atoms with Crippen LogP contribution >= 0.6 is 0 Å². The molecule has 0 heterocycles. The molecule has 0 amide bonds. The van der Waals surface area contributed by atoms with Crippen LogP contribution < -0.4 is 0 Å². The third-order valence-electron chi connectivity index (χ3n) is 2.01. The lowest BCUT2D eigenvalue weighted by molar-refractivity contribution is -0.143. The Kier molecular flexibility index (Phi) is 7.48. The molecule has 0 aromatic heterocycles. The van der Waals surface area contributed by atoms with Crippen LogP contribution in [0.4, 0.5) is 0 Å². The molecule has 0 aromatic carbocycles. The Balaban J connectivity index is 3.35. The third-order valence-corrected chi connectivity index (χ3v) is 2.01. The van der Waals surface area contributed by atoms with Crippen LogP contribution in [0.1, 0.15) is 40.0 Å². The van der Waals surface area contributed by atoms with Crippen molar-refractivity contribution >= 4 is 5.97 Å². The van der Waals surface area contributed by atoms with Crippen LogP contribution in [0.15, 0.2) is 0 Å². The van der Waals surface area contributed by atoms with Gasteiger partial charge in [0.1, 0.15) is 0 Å². The number of esters is 1. The van der Waals surface area contributed by atoms with Crippen molar-refractivity contribution in [2.24, 2.45) is 5.92 Å². The fourth-order valence-corrected chi connectivity index (χ4v) is 1.15. The fourth-order valence-electron chi connectivity index (χ4n) is 1.15. The molecular formula is C11H22O3. The zero-order valence-corrected chi connectivity index (χ0v) is 9.71. The summed E-state index contributed by atoms with van der Waals surface area (Å²) < 4.78 is 10.0. The SMILES string of the molecule is COC(=O)CC(C)OCCCC(C)C. The maximum atomic E-state index is 10.9. The summed E-state index contributed by atoms with van der Waals surface area (Å²) in [5, 5.41) is 0. The normalized spacial score (nSPS) is 12.9. The van der Waals surface area contributed by atoms with Gasteiger partial charge < -0.3 is 9.47 Å². The summed E-state index contributed by atoms with van der Waals surface area (Å²) in [7, 11) is 1.40. The van der Waals surface area contributed by atoms with E-state index < -0.39 is 0 Å². The lowest BCUT2D eigenvalue weighted by Crippen LogP contribution is -2.16. The van der Waals surface area contributed by atoms with Gasteiger partial charge in [0.25, 0.3) is 0 Å². The van der Waals surface area contributed by atoms with E-state index in [1.165, 1.54) is 13.5 Å². The van der Waals surface area contributed by atoms with Crippen LogP contribution in [0.25, 0.3) is 0 Å². The molecular weight excluding hydrogens is 180 g/mol. The van der Waals surface area contributed by atoms with Crippen molar-refractivity contribution in [2.75, 3.05) is 13.7 Å². The van der Waals surface area contributed by atoms with E-state index in [1.807, 2.05) is 6.92 Å². The highest BCUT2D eigenvalue weighted by Gasteiger charge is 2.08. The van der Waals surface area contributed by atoms with Crippen LogP contribution in [0, 0.1) is 5.92 Å². The summed E-state index contributed by atoms with van der Waals surface area (Å²) in [4.78, 5) is 10.9. The molecule has 0 radical (unpaired) electrons. The number of ether oxygens (including phenoxy) is 2. The second-order valence-electron chi connectivity index (χ2n) is 4.00. The molecule has 0 fully saturated rings. The van der Waals surface area contributed by atoms with Crippen molar-refractivity contribution in [3.63, 3.8) is 0 Å². The van der Waals surface area contributed by atoms with E-state index in [2.05, 4.69) is 18.6 Å². The van der Waals surface area contributed by atoms with Crippen LogP contribution in [-0.2, 0) is 14.3 Å². The molecule has 14 heavy (non-hydrogen) atoms. The molecule has 0 rings (SSSR count). The van der Waals surface area contributed by atoms with E-state index >= 15 is 0 Å². The number of hydrogen-bond acceptors (Lipinski definition) is 3. The first-order valence-corrected chi connectivity index (χ1v) is 5.24. The van der Waals surface area contributed by atoms with Gasteiger partial charge in [-0.1, -0.05) is 13.8 Å². The predicted octanol–water partition coefficient (Wildman–Crippen LogP) is 2.39. The van der Waals surface area contributed by atoms with E-state index in [9.17, 15) is 4.79 Å². The monoisotopic (exact) mass is 202 g/mol. The largest absolute Gasteiger partial charge is 0.469 e. The molecule has 0 aliphatic rings. The zero-order valence-electron chi connectivity index (χ0n) is 9.71. The molecule has 0 saturated carbocycles. The van der Waals surface area contributed by atoms with Crippen LogP contribution in [-0.4, -0.2) is 25.8 Å². The van der Waals surface area contributed by atoms with Crippen molar-refractivity contribution in [3.05, 3.63) is 0 Å². The number of carbonyl (C=O) groups excluding carboxylic acids is 1. The Hall–Kier alpha value is -0.570. The number of rotatable bonds is 7. The summed E-state index contributed by atoms with van der Waals surface area (Å²) in [5.41, 5.74) is 0. The first-order valence-electron chi connectivity index (χ1n) is 5.24. The molecule has 1 atom stereocenters. The summed E-state index contributed by atoms with van der Waals surface area (Å²) >= 11 is 0. The molecule has 0 saturated heterocycles. The van der Waals surface area contributed by atoms with Gasteiger partial charge >= 0.3 is 5.97 Å². The van der Waals surface area contributed by atoms with E-state index in [4.69, 9.17) is 4.74 Å². The minimum Gasteiger partial charge on any atom is -0.469 e. The van der Waals surface area contributed by atoms with Gasteiger partial charge in [-0.05, 0) is 25.7 Å². The molecule has 0 aliphatic heterocycles. The molecule has 1 unspecified atom stereocenters. The third kappa shape index (κ3) is 8.05. The molecule has 84 valence electrons. The molecule has 0 bridgehead atoms. The fraction of sp³-hybridized carbons (Fsp3) is 0.909. The highest BCUT2D eigenvalue weighted by atomic mass is 16.5. The Labute approximate surface area is 86.8 Å². The zero-order chi connectivity index (χ0) is 11.0. The number of carbonyl (C=O) groups is 1. The van der Waals surface area contributed by atoms with E-state index in [1.54, 1.807) is 0 Å². The number of hydrogen-bond donors (Lipinski definition) is 0. The summed E-state index contributed by atoms with van der Waals surface area (Å²) in [6, 6.07) is 0. The minimum absolute atomic E-state index is 0.0328. The van der Waals surface area contributed by atoms with Gasteiger partial charge in [0.2, 0.25) is 0 Å². The van der Waals surface area contributed by atoms with Gasteiger partial charge in [-0.15, -0.1) is 0 Å². The van der Waals surface area contributed by atoms with Gasteiger partial charge in [0.05, 0.1) is 19.6 Å². The lowest BCUT2D eigenvalue weighted by Gasteiger charge is -2.12. The Morgan fingerprint density at radius 3 is 2.43 bits per heavy atom. The van der Waals surface area contributed by atoms with Crippen molar-refractivity contribution in [2.45, 2.75) is 46.1 Å². The molecule has 0 spiro atoms. The number of methoxy groups -OCH3 is 1. The molecule has 0 aromatic rings. The van der Waals surface area contributed by atoms with Gasteiger partial charge in [0.15, 0.2) is 0 Å². The molecule has 3 nitrogen and oxygen atoms in total. The van der Waals surface area contributed by atoms with Crippen LogP contribution in [0.2, 0.25) is 0 Å². The standard InChI is InChI=1S/C11H22O3/c1-9(2)6-5-7-14-10(3)8-11(12)13-4/h9-10H,5-8H2,1-4H3. The quantitative estimate of drug-likeness (QED) is 0.469. The van der Waals surface area contributed by atoms with Gasteiger partial charge in [0, 0.05) is 6.61 Å². The first kappa shape index (κ1) is 13.4. The summed E-state index contributed by atoms with van der Waals surface area (Å²) in [5.74, 6) is 0.510. The highest BCUT2D eigenvalue weighted by molar-refractivity contribution is 5.69. The van der Waals surface area contributed by atoms with Crippen LogP contribution in [0.3, 0.4) is 0 Å². The van der Waals surface area contributed by atoms with Crippen molar-refractivity contribution in [1.82, 2.24) is 0 Å². The van der Waals surface area contributed by atoms with Gasteiger partial charge in [-0.25, -0.2) is 0 Å². The summed E-state index contributed by atoms with van der Waals surface area (Å²) in [6.07, 6.45) is 2.54. The molecule has 0 N–H and O–H groups in total. The second-order valence-corrected chi connectivity index (χ2v) is 4.00. The minimum atomic E-state index is -0.207. The maximum absolute atomic E-state index is 10.9. The van der Waals surface area contributed by atoms with Crippen molar-refractivity contribution in [3.8, 4) is 0 Å². The highest BCUT2D eigenvalue weighted by Crippen LogP contribution is 2.05.